The lowest BCUT2D eigenvalue weighted by Gasteiger charge is -2.38. The van der Waals surface area contributed by atoms with E-state index in [2.05, 4.69) is 30.7 Å². The van der Waals surface area contributed by atoms with E-state index in [0.717, 1.165) is 34.4 Å². The molecule has 1 aromatic carbocycles. The fourth-order valence-corrected chi connectivity index (χ4v) is 5.40. The summed E-state index contributed by atoms with van der Waals surface area (Å²) in [6.07, 6.45) is 6.56. The first-order chi connectivity index (χ1) is 13.3. The second-order valence-corrected chi connectivity index (χ2v) is 10.0. The highest BCUT2D eigenvalue weighted by Gasteiger charge is 2.41. The molecular formula is C20H23Cl2N5S. The van der Waals surface area contributed by atoms with E-state index >= 15 is 0 Å². The number of aromatic nitrogens is 3. The summed E-state index contributed by atoms with van der Waals surface area (Å²) < 4.78 is 2.04. The highest BCUT2D eigenvalue weighted by Crippen LogP contribution is 2.40. The van der Waals surface area contributed by atoms with Crippen LogP contribution in [-0.4, -0.2) is 33.0 Å². The van der Waals surface area contributed by atoms with E-state index in [-0.39, 0.29) is 17.5 Å². The fourth-order valence-electron chi connectivity index (χ4n) is 4.00. The number of hydrogen-bond donors (Lipinski definition) is 1. The number of nitrogens with two attached hydrogens (primary N) is 1. The molecule has 2 aromatic heterocycles. The van der Waals surface area contributed by atoms with Crippen LogP contribution in [0, 0.1) is 5.41 Å². The van der Waals surface area contributed by atoms with Gasteiger partial charge in [-0.05, 0) is 24.0 Å². The number of hydrogen-bond acceptors (Lipinski definition) is 5. The zero-order valence-corrected chi connectivity index (χ0v) is 18.4. The Morgan fingerprint density at radius 1 is 1.18 bits per heavy atom. The molecule has 148 valence electrons. The van der Waals surface area contributed by atoms with Gasteiger partial charge >= 0.3 is 0 Å². The van der Waals surface area contributed by atoms with E-state index in [4.69, 9.17) is 33.9 Å². The van der Waals surface area contributed by atoms with Crippen molar-refractivity contribution in [2.24, 2.45) is 11.1 Å². The minimum Gasteiger partial charge on any atom is -0.337 e. The van der Waals surface area contributed by atoms with Gasteiger partial charge in [-0.25, -0.2) is 9.97 Å². The summed E-state index contributed by atoms with van der Waals surface area (Å²) in [7, 11) is 0. The maximum absolute atomic E-state index is 6.45. The van der Waals surface area contributed by atoms with Gasteiger partial charge in [0.15, 0.2) is 5.65 Å². The molecule has 2 N–H and O–H groups in total. The number of halogens is 2. The van der Waals surface area contributed by atoms with Crippen LogP contribution in [0.5, 0.6) is 0 Å². The second kappa shape index (κ2) is 7.41. The highest BCUT2D eigenvalue weighted by atomic mass is 35.5. The van der Waals surface area contributed by atoms with Gasteiger partial charge in [0.05, 0.1) is 21.0 Å². The smallest absolute Gasteiger partial charge is 0.211 e. The molecular weight excluding hydrogens is 413 g/mol. The van der Waals surface area contributed by atoms with Gasteiger partial charge in [0.25, 0.3) is 0 Å². The Balaban J connectivity index is 1.75. The highest BCUT2D eigenvalue weighted by molar-refractivity contribution is 7.99. The van der Waals surface area contributed by atoms with Crippen molar-refractivity contribution < 1.29 is 0 Å². The third-order valence-electron chi connectivity index (χ3n) is 5.10. The van der Waals surface area contributed by atoms with Gasteiger partial charge in [-0.1, -0.05) is 61.8 Å². The monoisotopic (exact) mass is 435 g/mol. The molecule has 2 unspecified atom stereocenters. The first-order valence-corrected chi connectivity index (χ1v) is 10.8. The van der Waals surface area contributed by atoms with Crippen molar-refractivity contribution in [2.75, 3.05) is 11.4 Å². The molecule has 0 spiro atoms. The van der Waals surface area contributed by atoms with Crippen LogP contribution in [-0.2, 0) is 0 Å². The van der Waals surface area contributed by atoms with Crippen LogP contribution < -0.4 is 10.6 Å². The number of benzene rings is 1. The summed E-state index contributed by atoms with van der Waals surface area (Å²) in [4.78, 5) is 13.5. The number of rotatable bonds is 3. The first kappa shape index (κ1) is 19.8. The van der Waals surface area contributed by atoms with Crippen molar-refractivity contribution >= 4 is 46.6 Å². The van der Waals surface area contributed by atoms with Gasteiger partial charge in [0.1, 0.15) is 0 Å². The molecule has 0 amide bonds. The van der Waals surface area contributed by atoms with E-state index in [1.807, 2.05) is 28.9 Å². The molecule has 1 saturated heterocycles. The zero-order chi connectivity index (χ0) is 20.1. The first-order valence-electron chi connectivity index (χ1n) is 9.23. The van der Waals surface area contributed by atoms with E-state index < -0.39 is 0 Å². The van der Waals surface area contributed by atoms with Crippen molar-refractivity contribution in [3.8, 4) is 0 Å². The Morgan fingerprint density at radius 2 is 1.96 bits per heavy atom. The summed E-state index contributed by atoms with van der Waals surface area (Å²) in [6.45, 7) is 7.57. The molecule has 1 fully saturated rings. The van der Waals surface area contributed by atoms with Crippen LogP contribution in [0.4, 0.5) is 5.95 Å². The van der Waals surface area contributed by atoms with E-state index in [1.54, 1.807) is 12.3 Å². The van der Waals surface area contributed by atoms with Crippen LogP contribution in [0.15, 0.2) is 46.6 Å². The molecule has 2 atom stereocenters. The maximum Gasteiger partial charge on any atom is 0.211 e. The molecule has 28 heavy (non-hydrogen) atoms. The average molecular weight is 436 g/mol. The Bertz CT molecular complexity index is 1010. The molecule has 3 aromatic rings. The molecule has 0 aliphatic carbocycles. The Kier molecular flexibility index (Phi) is 5.25. The average Bonchev–Trinajstić information content (AvgIpc) is 3.26. The Labute approximate surface area is 179 Å². The molecule has 3 heterocycles. The van der Waals surface area contributed by atoms with Crippen LogP contribution in [0.1, 0.15) is 27.2 Å². The maximum atomic E-state index is 6.45. The molecule has 5 nitrogen and oxygen atoms in total. The number of nitrogens with zero attached hydrogens (tertiary/aromatic N) is 4. The van der Waals surface area contributed by atoms with Crippen molar-refractivity contribution in [2.45, 2.75) is 49.1 Å². The standard InChI is InChI=1S/C20H23Cl2N5S/c1-20(2,3)17-13(23)7-9-26(17)19-25-11-15(18-24-8-10-27(18)19)28-14-6-4-5-12(21)16(14)22/h4-6,8,10-11,13,17H,7,9,23H2,1-3H3. The third kappa shape index (κ3) is 3.47. The lowest BCUT2D eigenvalue weighted by molar-refractivity contribution is 0.296. The normalized spacial score (nSPS) is 20.3. The van der Waals surface area contributed by atoms with Gasteiger partial charge in [0, 0.05) is 36.1 Å². The van der Waals surface area contributed by atoms with Gasteiger partial charge in [-0.15, -0.1) is 0 Å². The van der Waals surface area contributed by atoms with Crippen LogP contribution in [0.3, 0.4) is 0 Å². The topological polar surface area (TPSA) is 59.5 Å². The summed E-state index contributed by atoms with van der Waals surface area (Å²) in [5, 5.41) is 1.08. The Hall–Kier alpha value is -1.47. The van der Waals surface area contributed by atoms with Gasteiger partial charge in [-0.2, -0.15) is 0 Å². The predicted molar refractivity (Wildman–Crippen MR) is 117 cm³/mol. The quantitative estimate of drug-likeness (QED) is 0.616. The third-order valence-corrected chi connectivity index (χ3v) is 7.10. The second-order valence-electron chi connectivity index (χ2n) is 8.15. The molecule has 1 aliphatic heterocycles. The fraction of sp³-hybridized carbons (Fsp3) is 0.400. The molecule has 4 rings (SSSR count). The summed E-state index contributed by atoms with van der Waals surface area (Å²) in [6, 6.07) is 5.96. The van der Waals surface area contributed by atoms with E-state index in [9.17, 15) is 0 Å². The minimum absolute atomic E-state index is 0.0479. The summed E-state index contributed by atoms with van der Waals surface area (Å²) >= 11 is 14.0. The van der Waals surface area contributed by atoms with Crippen LogP contribution in [0.25, 0.3) is 5.65 Å². The van der Waals surface area contributed by atoms with Crippen molar-refractivity contribution in [1.29, 1.82) is 0 Å². The number of imidazole rings is 1. The number of anilines is 1. The Morgan fingerprint density at radius 3 is 2.71 bits per heavy atom. The predicted octanol–water partition coefficient (Wildman–Crippen LogP) is 5.14. The SMILES string of the molecule is CC(C)(C)C1C(N)CCN1c1ncc(Sc2cccc(Cl)c2Cl)c2nccn12. The van der Waals surface area contributed by atoms with Gasteiger partial charge in [-0.3, -0.25) is 4.40 Å². The minimum atomic E-state index is 0.0479. The van der Waals surface area contributed by atoms with Crippen molar-refractivity contribution in [3.05, 3.63) is 46.8 Å². The molecule has 0 radical (unpaired) electrons. The molecule has 0 bridgehead atoms. The zero-order valence-electron chi connectivity index (χ0n) is 16.1. The van der Waals surface area contributed by atoms with E-state index in [0.29, 0.717) is 10.0 Å². The lowest BCUT2D eigenvalue weighted by Crippen LogP contribution is -2.49. The molecule has 8 heteroatoms. The molecule has 0 saturated carbocycles. The summed E-state index contributed by atoms with van der Waals surface area (Å²) in [5.74, 6) is 0.877. The van der Waals surface area contributed by atoms with Crippen LogP contribution >= 0.6 is 35.0 Å². The molecule has 1 aliphatic rings. The number of fused-ring (bicyclic) bond motifs is 1. The van der Waals surface area contributed by atoms with Gasteiger partial charge in [0.2, 0.25) is 5.95 Å². The lowest BCUT2D eigenvalue weighted by atomic mass is 9.83. The largest absolute Gasteiger partial charge is 0.337 e. The van der Waals surface area contributed by atoms with Crippen molar-refractivity contribution in [3.63, 3.8) is 0 Å². The van der Waals surface area contributed by atoms with Crippen molar-refractivity contribution in [1.82, 2.24) is 14.4 Å². The van der Waals surface area contributed by atoms with Crippen LogP contribution in [0.2, 0.25) is 10.0 Å². The van der Waals surface area contributed by atoms with Gasteiger partial charge < -0.3 is 10.6 Å². The summed E-state index contributed by atoms with van der Waals surface area (Å²) in [5.41, 5.74) is 7.34. The van der Waals surface area contributed by atoms with E-state index in [1.165, 1.54) is 11.8 Å².